The van der Waals surface area contributed by atoms with Gasteiger partial charge in [0.2, 0.25) is 5.78 Å². The van der Waals surface area contributed by atoms with Gasteiger partial charge in [0.25, 0.3) is 0 Å². The molecule has 1 saturated heterocycles. The number of ether oxygens (including phenoxy) is 2. The fourth-order valence-corrected chi connectivity index (χ4v) is 2.92. The molecule has 1 N–H and O–H groups in total. The molecule has 0 unspecified atom stereocenters. The van der Waals surface area contributed by atoms with Gasteiger partial charge in [-0.2, -0.15) is 0 Å². The van der Waals surface area contributed by atoms with Crippen LogP contribution in [-0.2, 0) is 23.9 Å². The highest BCUT2D eigenvalue weighted by Crippen LogP contribution is 2.27. The Labute approximate surface area is 153 Å². The monoisotopic (exact) mass is 365 g/mol. The third-order valence-corrected chi connectivity index (χ3v) is 5.15. The minimum Gasteiger partial charge on any atom is -0.459 e. The number of cyclic esters (lactones) is 1. The van der Waals surface area contributed by atoms with Crippen molar-refractivity contribution in [2.75, 3.05) is 26.7 Å². The molecule has 2 aliphatic heterocycles. The van der Waals surface area contributed by atoms with Crippen LogP contribution in [-0.4, -0.2) is 66.2 Å². The molecule has 7 nitrogen and oxygen atoms in total. The zero-order valence-corrected chi connectivity index (χ0v) is 15.8. The number of nitrogens with zero attached hydrogens (tertiary/aromatic N) is 1. The Bertz CT molecular complexity index is 648. The van der Waals surface area contributed by atoms with E-state index in [1.165, 1.54) is 6.92 Å². The number of esters is 2. The third-order valence-electron chi connectivity index (χ3n) is 5.15. The highest BCUT2D eigenvalue weighted by Gasteiger charge is 2.40. The molecule has 2 aliphatic rings. The van der Waals surface area contributed by atoms with E-state index in [4.69, 9.17) is 9.47 Å². The van der Waals surface area contributed by atoms with Crippen molar-refractivity contribution in [3.63, 3.8) is 0 Å². The van der Waals surface area contributed by atoms with E-state index in [1.807, 2.05) is 11.9 Å². The molecule has 0 aromatic rings. The molecule has 0 radical (unpaired) electrons. The number of allylic oxidation sites excluding steroid dienone is 1. The lowest BCUT2D eigenvalue weighted by atomic mass is 9.85. The van der Waals surface area contributed by atoms with Gasteiger partial charge in [0.15, 0.2) is 11.7 Å². The van der Waals surface area contributed by atoms with Crippen LogP contribution in [0.25, 0.3) is 0 Å². The Morgan fingerprint density at radius 3 is 2.69 bits per heavy atom. The number of carbonyl (C=O) groups is 3. The van der Waals surface area contributed by atoms with Crippen molar-refractivity contribution >= 4 is 17.7 Å². The van der Waals surface area contributed by atoms with Crippen LogP contribution in [0, 0.1) is 5.92 Å². The molecule has 2 heterocycles. The van der Waals surface area contributed by atoms with E-state index >= 15 is 0 Å². The van der Waals surface area contributed by atoms with E-state index in [1.54, 1.807) is 26.0 Å². The molecule has 0 aliphatic carbocycles. The Hall–Kier alpha value is -1.99. The number of ketones is 1. The Balaban J connectivity index is 2.42. The molecule has 2 bridgehead atoms. The van der Waals surface area contributed by atoms with Crippen LogP contribution in [0.5, 0.6) is 0 Å². The number of Topliss-reactive ketones (excluding diaryl/α,β-unsaturated/α-hetero) is 1. The average Bonchev–Trinajstić information content (AvgIpc) is 2.59. The van der Waals surface area contributed by atoms with Crippen LogP contribution < -0.4 is 0 Å². The summed E-state index contributed by atoms with van der Waals surface area (Å²) in [5.41, 5.74) is -1.19. The molecule has 0 amide bonds. The lowest BCUT2D eigenvalue weighted by molar-refractivity contribution is -0.169. The second-order valence-electron chi connectivity index (χ2n) is 7.18. The number of carbonyl (C=O) groups excluding carboxylic acids is 3. The highest BCUT2D eigenvalue weighted by molar-refractivity contribution is 6.01. The standard InChI is InChI=1S/C19H27NO6/c1-5-13-10-12(2)19(3,24)18(23)25-11-14-6-8-20(4)9-7-15(16(14)21)26-17(13)22/h5-6,12,15,24H,7-11H2,1-4H3/b13-5+,14-6?/t12-,15+,19+/m0/s1. The average molecular weight is 365 g/mol. The van der Waals surface area contributed by atoms with Crippen LogP contribution in [0.2, 0.25) is 0 Å². The predicted molar refractivity (Wildman–Crippen MR) is 94.2 cm³/mol. The third kappa shape index (κ3) is 4.40. The smallest absolute Gasteiger partial charge is 0.338 e. The number of aliphatic hydroxyl groups is 1. The summed E-state index contributed by atoms with van der Waals surface area (Å²) in [5, 5.41) is 10.6. The summed E-state index contributed by atoms with van der Waals surface area (Å²) >= 11 is 0. The highest BCUT2D eigenvalue weighted by atomic mass is 16.6. The lowest BCUT2D eigenvalue weighted by Crippen LogP contribution is -2.45. The van der Waals surface area contributed by atoms with Crippen LogP contribution in [0.4, 0.5) is 0 Å². The molecule has 2 rings (SSSR count). The first-order chi connectivity index (χ1) is 12.2. The zero-order chi connectivity index (χ0) is 19.5. The molecule has 0 spiro atoms. The summed E-state index contributed by atoms with van der Waals surface area (Å²) in [6, 6.07) is 0. The molecule has 144 valence electrons. The number of hydrogen-bond donors (Lipinski definition) is 1. The first-order valence-electron chi connectivity index (χ1n) is 8.84. The van der Waals surface area contributed by atoms with Gasteiger partial charge < -0.3 is 19.5 Å². The summed E-state index contributed by atoms with van der Waals surface area (Å²) in [4.78, 5) is 39.7. The van der Waals surface area contributed by atoms with Crippen molar-refractivity contribution < 1.29 is 29.0 Å². The largest absolute Gasteiger partial charge is 0.459 e. The minimum absolute atomic E-state index is 0.140. The molecule has 7 heteroatoms. The van der Waals surface area contributed by atoms with Gasteiger partial charge in [0.1, 0.15) is 6.61 Å². The maximum absolute atomic E-state index is 12.8. The second kappa shape index (κ2) is 8.14. The number of fused-ring (bicyclic) bond motifs is 2. The van der Waals surface area contributed by atoms with Crippen molar-refractivity contribution in [2.24, 2.45) is 5.92 Å². The molecular formula is C19H27NO6. The SMILES string of the molecule is C/C=C1\C[C@H](C)[C@@](C)(O)C(=O)OCC2=CCN(C)CC[C@@H](OC1=O)C2=O. The van der Waals surface area contributed by atoms with E-state index in [0.29, 0.717) is 25.1 Å². The number of likely N-dealkylation sites (N-methyl/N-ethyl adjacent to an activating group) is 1. The quantitative estimate of drug-likeness (QED) is 0.506. The molecule has 26 heavy (non-hydrogen) atoms. The van der Waals surface area contributed by atoms with Crippen molar-refractivity contribution in [1.82, 2.24) is 4.90 Å². The molecule has 0 aromatic carbocycles. The molecule has 3 atom stereocenters. The number of rotatable bonds is 0. The van der Waals surface area contributed by atoms with Gasteiger partial charge in [-0.1, -0.05) is 19.1 Å². The van der Waals surface area contributed by atoms with Crippen LogP contribution >= 0.6 is 0 Å². The van der Waals surface area contributed by atoms with Gasteiger partial charge in [0.05, 0.1) is 0 Å². The van der Waals surface area contributed by atoms with Crippen LogP contribution in [0.15, 0.2) is 23.3 Å². The maximum atomic E-state index is 12.8. The summed E-state index contributed by atoms with van der Waals surface area (Å²) in [5.74, 6) is -2.32. The van der Waals surface area contributed by atoms with Gasteiger partial charge >= 0.3 is 11.9 Å². The van der Waals surface area contributed by atoms with Crippen molar-refractivity contribution in [3.8, 4) is 0 Å². The summed E-state index contributed by atoms with van der Waals surface area (Å²) < 4.78 is 10.7. The molecule has 0 saturated carbocycles. The fourth-order valence-electron chi connectivity index (χ4n) is 2.92. The normalized spacial score (nSPS) is 34.0. The van der Waals surface area contributed by atoms with E-state index < -0.39 is 29.6 Å². The topological polar surface area (TPSA) is 93.1 Å². The summed E-state index contributed by atoms with van der Waals surface area (Å²) in [7, 11) is 1.89. The predicted octanol–water partition coefficient (Wildman–Crippen LogP) is 1.01. The van der Waals surface area contributed by atoms with Crippen molar-refractivity contribution in [1.29, 1.82) is 0 Å². The zero-order valence-electron chi connectivity index (χ0n) is 15.8. The number of hydrogen-bond acceptors (Lipinski definition) is 7. The Morgan fingerprint density at radius 2 is 2.04 bits per heavy atom. The van der Waals surface area contributed by atoms with Gasteiger partial charge in [-0.3, -0.25) is 4.79 Å². The molecule has 0 aromatic heterocycles. The fraction of sp³-hybridized carbons (Fsp3) is 0.632. The Morgan fingerprint density at radius 1 is 1.35 bits per heavy atom. The van der Waals surface area contributed by atoms with Crippen LogP contribution in [0.3, 0.4) is 0 Å². The van der Waals surface area contributed by atoms with Crippen molar-refractivity contribution in [3.05, 3.63) is 23.3 Å². The van der Waals surface area contributed by atoms with E-state index in [0.717, 1.165) is 0 Å². The van der Waals surface area contributed by atoms with Gasteiger partial charge in [-0.15, -0.1) is 0 Å². The maximum Gasteiger partial charge on any atom is 0.338 e. The van der Waals surface area contributed by atoms with E-state index in [-0.39, 0.29) is 24.4 Å². The first-order valence-corrected chi connectivity index (χ1v) is 8.84. The Kier molecular flexibility index (Phi) is 6.36. The van der Waals surface area contributed by atoms with Gasteiger partial charge in [0, 0.05) is 30.7 Å². The van der Waals surface area contributed by atoms with E-state index in [9.17, 15) is 19.5 Å². The summed E-state index contributed by atoms with van der Waals surface area (Å²) in [6.45, 7) is 5.58. The van der Waals surface area contributed by atoms with Crippen molar-refractivity contribution in [2.45, 2.75) is 45.3 Å². The minimum atomic E-state index is -1.78. The second-order valence-corrected chi connectivity index (χ2v) is 7.18. The lowest BCUT2D eigenvalue weighted by Gasteiger charge is -2.31. The first kappa shape index (κ1) is 20.3. The molecular weight excluding hydrogens is 338 g/mol. The summed E-state index contributed by atoms with van der Waals surface area (Å²) in [6.07, 6.45) is 2.86. The van der Waals surface area contributed by atoms with Gasteiger partial charge in [-0.25, -0.2) is 9.59 Å². The van der Waals surface area contributed by atoms with Crippen LogP contribution in [0.1, 0.15) is 33.6 Å². The molecule has 1 fully saturated rings. The van der Waals surface area contributed by atoms with Gasteiger partial charge in [-0.05, 0) is 33.2 Å². The van der Waals surface area contributed by atoms with E-state index in [2.05, 4.69) is 0 Å².